The van der Waals surface area contributed by atoms with E-state index in [0.29, 0.717) is 53.1 Å². The smallest absolute Gasteiger partial charge is 0.412 e. The number of hydrogen-bond acceptors (Lipinski definition) is 20. The lowest BCUT2D eigenvalue weighted by Gasteiger charge is -2.35. The number of piperidine rings is 1. The highest BCUT2D eigenvalue weighted by Crippen LogP contribution is 2.32. The van der Waals surface area contributed by atoms with Gasteiger partial charge in [-0.3, -0.25) is 24.9 Å². The Morgan fingerprint density at radius 3 is 1.55 bits per heavy atom. The van der Waals surface area contributed by atoms with Crippen molar-refractivity contribution in [2.45, 2.75) is 84.8 Å². The van der Waals surface area contributed by atoms with Crippen LogP contribution in [-0.4, -0.2) is 141 Å². The first-order valence-electron chi connectivity index (χ1n) is 27.2. The number of aromatic nitrogens is 5. The Labute approximate surface area is 489 Å². The molecule has 3 aliphatic rings. The molecule has 0 spiro atoms. The van der Waals surface area contributed by atoms with Gasteiger partial charge < -0.3 is 45.2 Å². The van der Waals surface area contributed by atoms with E-state index in [1.54, 1.807) is 48.3 Å². The summed E-state index contributed by atoms with van der Waals surface area (Å²) >= 11 is 4.05. The number of amides is 2. The fourth-order valence-electron chi connectivity index (χ4n) is 9.01. The highest BCUT2D eigenvalue weighted by atomic mass is 32.1. The number of hydrogen-bond donors (Lipinski definition) is 4. The minimum absolute atomic E-state index is 0.0000345. The van der Waals surface area contributed by atoms with Crippen molar-refractivity contribution in [1.82, 2.24) is 35.1 Å². The number of nitrogens with zero attached hydrogens (tertiary/aromatic N) is 9. The number of carbonyl (C=O) groups is 5. The van der Waals surface area contributed by atoms with E-state index in [4.69, 9.17) is 20.3 Å². The Morgan fingerprint density at radius 2 is 1.04 bits per heavy atom. The Bertz CT molecular complexity index is 3280. The number of nitrogens with two attached hydrogens (primary N) is 1. The van der Waals surface area contributed by atoms with Gasteiger partial charge in [0.05, 0.1) is 18.6 Å². The number of ether oxygens (including phenoxy) is 2. The van der Waals surface area contributed by atoms with Crippen molar-refractivity contribution in [3.8, 4) is 22.3 Å². The van der Waals surface area contributed by atoms with Crippen LogP contribution in [0.25, 0.3) is 22.3 Å². The van der Waals surface area contributed by atoms with E-state index in [1.165, 1.54) is 41.9 Å². The van der Waals surface area contributed by atoms with Gasteiger partial charge in [-0.15, -0.1) is 0 Å². The van der Waals surface area contributed by atoms with Crippen LogP contribution in [0.15, 0.2) is 104 Å². The summed E-state index contributed by atoms with van der Waals surface area (Å²) < 4.78 is 10.7. The summed E-state index contributed by atoms with van der Waals surface area (Å²) in [6.45, 7) is 19.1. The number of nitrogen functional groups attached to an aromatic ring is 1. The van der Waals surface area contributed by atoms with Crippen LogP contribution in [0.5, 0.6) is 0 Å². The molecule has 0 unspecified atom stereocenters. The molecule has 7 aromatic rings. The lowest BCUT2D eigenvalue weighted by Crippen LogP contribution is -2.49. The van der Waals surface area contributed by atoms with Gasteiger partial charge in [0.2, 0.25) is 5.01 Å². The predicted octanol–water partition coefficient (Wildman–Crippen LogP) is 10.5. The first kappa shape index (κ1) is 60.2. The van der Waals surface area contributed by atoms with Gasteiger partial charge >= 0.3 is 18.2 Å². The van der Waals surface area contributed by atoms with Gasteiger partial charge in [0, 0.05) is 114 Å². The van der Waals surface area contributed by atoms with Crippen LogP contribution in [0.3, 0.4) is 0 Å². The van der Waals surface area contributed by atoms with Gasteiger partial charge in [-0.1, -0.05) is 46.1 Å². The zero-order valence-electron chi connectivity index (χ0n) is 47.1. The molecule has 3 fully saturated rings. The molecule has 2 amide bonds. The number of piperazine rings is 2. The van der Waals surface area contributed by atoms with E-state index < -0.39 is 23.3 Å². The number of rotatable bonds is 13. The lowest BCUT2D eigenvalue weighted by atomic mass is 9.99. The average Bonchev–Trinajstić information content (AvgIpc) is 4.44. The number of anilines is 5. The van der Waals surface area contributed by atoms with E-state index >= 15 is 0 Å². The monoisotopic (exact) mass is 1170 g/mol. The molecule has 0 radical (unpaired) electrons. The van der Waals surface area contributed by atoms with Crippen LogP contribution in [0.1, 0.15) is 101 Å². The average molecular weight is 1170 g/mol. The second-order valence-electron chi connectivity index (χ2n) is 21.6. The lowest BCUT2D eigenvalue weighted by molar-refractivity contribution is 0.0240. The maximum atomic E-state index is 13.2. The molecule has 10 rings (SSSR count). The molecule has 5 N–H and O–H groups in total. The first-order chi connectivity index (χ1) is 39.2. The van der Waals surface area contributed by atoms with Gasteiger partial charge in [0.25, 0.3) is 0 Å². The number of Topliss-reactive ketones (excluding diaryl/α,β-unsaturated/α-hetero) is 2. The molecule has 5 aromatic heterocycles. The molecule has 23 heteroatoms. The van der Waals surface area contributed by atoms with E-state index in [1.807, 2.05) is 107 Å². The number of carboxylic acid groups (broad SMARTS) is 1. The fourth-order valence-corrected chi connectivity index (χ4v) is 11.6. The predicted molar refractivity (Wildman–Crippen MR) is 324 cm³/mol. The van der Waals surface area contributed by atoms with Crippen molar-refractivity contribution in [3.05, 3.63) is 130 Å². The molecule has 3 saturated heterocycles. The van der Waals surface area contributed by atoms with E-state index in [-0.39, 0.29) is 35.5 Å². The van der Waals surface area contributed by atoms with E-state index in [2.05, 4.69) is 45.4 Å². The summed E-state index contributed by atoms with van der Waals surface area (Å²) in [6.07, 6.45) is 15.2. The van der Waals surface area contributed by atoms with Gasteiger partial charge in [-0.05, 0) is 143 Å². The first-order valence-corrected chi connectivity index (χ1v) is 29.6. The highest BCUT2D eigenvalue weighted by Gasteiger charge is 2.28. The van der Waals surface area contributed by atoms with Crippen LogP contribution >= 0.6 is 34.0 Å². The number of aromatic carboxylic acids is 1. The summed E-state index contributed by atoms with van der Waals surface area (Å²) in [5, 5.41) is 19.0. The fraction of sp³-hybridized carbons (Fsp3) is 0.390. The summed E-state index contributed by atoms with van der Waals surface area (Å²) in [7, 11) is 0. The third kappa shape index (κ3) is 17.3. The number of ketones is 2. The summed E-state index contributed by atoms with van der Waals surface area (Å²) in [5.74, 6) is -1.09. The third-order valence-corrected chi connectivity index (χ3v) is 16.3. The maximum absolute atomic E-state index is 13.2. The van der Waals surface area contributed by atoms with Crippen molar-refractivity contribution < 1.29 is 38.6 Å². The van der Waals surface area contributed by atoms with Crippen LogP contribution < -0.4 is 31.1 Å². The van der Waals surface area contributed by atoms with Crippen LogP contribution in [-0.2, 0) is 22.3 Å². The van der Waals surface area contributed by atoms with Gasteiger partial charge in [0.15, 0.2) is 21.6 Å². The highest BCUT2D eigenvalue weighted by molar-refractivity contribution is 7.18. The molecule has 0 bridgehead atoms. The molecule has 82 heavy (non-hydrogen) atoms. The Hall–Kier alpha value is -7.86. The molecular weight excluding hydrogens is 1100 g/mol. The van der Waals surface area contributed by atoms with Gasteiger partial charge in [0.1, 0.15) is 26.2 Å². The largest absolute Gasteiger partial charge is 0.476 e. The molecule has 2 aromatic carbocycles. The molecule has 3 aliphatic heterocycles. The van der Waals surface area contributed by atoms with Gasteiger partial charge in [-0.25, -0.2) is 29.3 Å². The summed E-state index contributed by atoms with van der Waals surface area (Å²) in [4.78, 5) is 90.2. The van der Waals surface area contributed by atoms with Gasteiger partial charge in [-0.2, -0.15) is 0 Å². The second-order valence-corrected chi connectivity index (χ2v) is 24.7. The SMILES string of the molecule is CC(C)(C)OC(=O)N1CCN(c2cnc(C(=O)O)s2)CC1.CC(C)(C)OC(=O)Nc1ccc(-c2ccncc2)cc1CC(=O)c1ncc(N2CCCCC2)s1.Nc1ccc(-c2ccncc2)cc1CC(=O)c1ncc(N2CCNCC2)s1. The van der Waals surface area contributed by atoms with Crippen LogP contribution in [0.4, 0.5) is 36.0 Å². The normalized spacial score (nSPS) is 14.6. The Balaban J connectivity index is 0.000000166. The molecule has 8 heterocycles. The number of thiazole rings is 3. The van der Waals surface area contributed by atoms with E-state index in [0.717, 1.165) is 93.4 Å². The number of nitrogens with one attached hydrogen (secondary N) is 2. The minimum atomic E-state index is -1.02. The van der Waals surface area contributed by atoms with Crippen molar-refractivity contribution in [3.63, 3.8) is 0 Å². The summed E-state index contributed by atoms with van der Waals surface area (Å²) in [6, 6.07) is 19.2. The quantitative estimate of drug-likeness (QED) is 0.0619. The standard InChI is InChI=1S/C26H30N4O3S.C20H21N5OS.C13H19N3O4S/c1-26(2,3)33-25(32)29-21-8-7-19(18-9-11-27-12-10-18)15-20(21)16-22(31)24-28-17-23(34-24)30-13-5-4-6-14-30;21-17-2-1-15(14-3-5-22-6-4-14)11-16(17)12-18(26)20-24-13-19(27-20)25-9-7-23-8-10-25;1-13(2,3)20-12(19)16-6-4-15(5-7-16)9-8-14-10(21-9)11(17)18/h7-12,15,17H,4-6,13-14,16H2,1-3H3,(H,29,32);1-6,11,13,23H,7-10,12,21H2;8H,4-7H2,1-3H3,(H,17,18). The molecule has 20 nitrogen and oxygen atoms in total. The molecule has 0 atom stereocenters. The second kappa shape index (κ2) is 27.7. The Kier molecular flexibility index (Phi) is 20.4. The zero-order chi connectivity index (χ0) is 58.4. The number of carbonyl (C=O) groups excluding carboxylic acids is 4. The Morgan fingerprint density at radius 1 is 0.573 bits per heavy atom. The third-order valence-electron chi connectivity index (χ3n) is 13.1. The van der Waals surface area contributed by atoms with Crippen molar-refractivity contribution in [2.75, 3.05) is 91.2 Å². The van der Waals surface area contributed by atoms with Crippen molar-refractivity contribution in [2.24, 2.45) is 0 Å². The van der Waals surface area contributed by atoms with E-state index in [9.17, 15) is 24.0 Å². The minimum Gasteiger partial charge on any atom is -0.476 e. The summed E-state index contributed by atoms with van der Waals surface area (Å²) in [5.41, 5.74) is 11.7. The number of pyridine rings is 2. The topological polar surface area (TPSA) is 252 Å². The molecule has 0 saturated carbocycles. The zero-order valence-corrected chi connectivity index (χ0v) is 49.5. The number of benzene rings is 2. The molecule has 432 valence electrons. The molecular formula is C59H70N12O8S3. The van der Waals surface area contributed by atoms with Crippen molar-refractivity contribution in [1.29, 1.82) is 0 Å². The molecule has 0 aliphatic carbocycles. The maximum Gasteiger partial charge on any atom is 0.412 e. The van der Waals surface area contributed by atoms with Crippen molar-refractivity contribution >= 4 is 90.1 Å². The van der Waals surface area contributed by atoms with Crippen LogP contribution in [0.2, 0.25) is 0 Å². The number of carboxylic acids is 1. The van der Waals surface area contributed by atoms with Crippen LogP contribution in [0, 0.1) is 0 Å².